The number of anilines is 1. The Balaban J connectivity index is 1.10. The molecule has 29 heteroatoms. The maximum atomic E-state index is 15.5. The minimum Gasteiger partial charge on any atom is -0.455 e. The second-order valence-electron chi connectivity index (χ2n) is 29.8. The van der Waals surface area contributed by atoms with Crippen LogP contribution in [0.2, 0.25) is 0 Å². The quantitative estimate of drug-likeness (QED) is 0.0121. The van der Waals surface area contributed by atoms with E-state index in [-0.39, 0.29) is 98.9 Å². The van der Waals surface area contributed by atoms with Gasteiger partial charge in [0.25, 0.3) is 0 Å². The number of hydrogen-bond donors (Lipinski definition) is 9. The van der Waals surface area contributed by atoms with Crippen molar-refractivity contribution in [2.75, 3.05) is 45.7 Å². The highest BCUT2D eigenvalue weighted by Gasteiger charge is 2.77. The third kappa shape index (κ3) is 19.0. The smallest absolute Gasteiger partial charge is 0.410 e. The van der Waals surface area contributed by atoms with Gasteiger partial charge in [0.1, 0.15) is 54.4 Å². The summed E-state index contributed by atoms with van der Waals surface area (Å²) in [4.78, 5) is 167. The zero-order chi connectivity index (χ0) is 77.1. The van der Waals surface area contributed by atoms with Crippen LogP contribution in [0, 0.1) is 34.5 Å². The van der Waals surface area contributed by atoms with E-state index >= 15 is 9.59 Å². The Morgan fingerprint density at radius 3 is 1.98 bits per heavy atom. The molecule has 0 aromatic heterocycles. The number of likely N-dealkylation sites (N-methyl/N-ethyl adjacent to an activating group) is 2. The molecule has 2 saturated carbocycles. The van der Waals surface area contributed by atoms with Crippen molar-refractivity contribution >= 4 is 77.0 Å². The van der Waals surface area contributed by atoms with Gasteiger partial charge in [0, 0.05) is 107 Å². The fourth-order valence-corrected chi connectivity index (χ4v) is 14.5. The third-order valence-electron chi connectivity index (χ3n) is 20.4. The minimum atomic E-state index is -2.31. The van der Waals surface area contributed by atoms with Crippen LogP contribution in [0.4, 0.5) is 24.9 Å². The SMILES string of the molecule is CC(=O)O[C@@]12CO[C@@H]1C[C@H](O)[C@@]1(C)C(=O)[C@H](O)C3=C(C)[C@@H](OC(=O)[C@H](OC(=O)N(C)CCN(C)C(=O)OCc4ccc(NC(=O)[C@H](CCCNC(N)=O)NC(=O)[C@@H](NC(=O)CCC(=O)C(C)C)C(C)C)cc4)[C@@H](NC(=O)OC(C)(C)C)c4ccccc4)C[C@@](O)([C@@H](CC(=O)c4ccccc4)[C@H]21)C3(C)C. The summed E-state index contributed by atoms with van der Waals surface area (Å²) in [6.45, 7) is 18.0. The summed E-state index contributed by atoms with van der Waals surface area (Å²) >= 11 is 0. The second kappa shape index (κ2) is 34.1. The first-order valence-electron chi connectivity index (χ1n) is 35.0. The van der Waals surface area contributed by atoms with Gasteiger partial charge >= 0.3 is 36.2 Å². The number of aliphatic hydroxyl groups excluding tert-OH is 2. The first-order valence-corrected chi connectivity index (χ1v) is 35.0. The fourth-order valence-electron chi connectivity index (χ4n) is 14.5. The van der Waals surface area contributed by atoms with Gasteiger partial charge in [0.05, 0.1) is 23.7 Å². The van der Waals surface area contributed by atoms with Crippen molar-refractivity contribution in [2.45, 2.75) is 200 Å². The number of nitrogens with one attached hydrogen (secondary N) is 5. The van der Waals surface area contributed by atoms with Crippen LogP contribution in [-0.2, 0) is 68.6 Å². The highest BCUT2D eigenvalue weighted by Crippen LogP contribution is 2.66. The first kappa shape index (κ1) is 82.0. The van der Waals surface area contributed by atoms with Gasteiger partial charge in [-0.05, 0) is 87.8 Å². The van der Waals surface area contributed by atoms with Crippen LogP contribution in [-0.4, -0.2) is 196 Å². The average molecular weight is 1450 g/mol. The number of Topliss-reactive ketones (excluding diaryl/α,β-unsaturated/α-hetero) is 3. The number of nitrogens with two attached hydrogens (primary N) is 1. The number of alkyl carbamates (subject to hydrolysis) is 1. The monoisotopic (exact) mass is 1450 g/mol. The molecule has 13 atom stereocenters. The van der Waals surface area contributed by atoms with Crippen molar-refractivity contribution in [3.8, 4) is 0 Å². The Hall–Kier alpha value is -9.32. The van der Waals surface area contributed by atoms with Gasteiger partial charge in [-0.25, -0.2) is 24.0 Å². The van der Waals surface area contributed by atoms with E-state index in [9.17, 15) is 63.3 Å². The summed E-state index contributed by atoms with van der Waals surface area (Å²) in [6.07, 6.45) is -12.6. The van der Waals surface area contributed by atoms with Crippen LogP contribution < -0.4 is 32.3 Å². The normalized spacial score (nSPS) is 24.3. The minimum absolute atomic E-state index is 0.00366. The summed E-state index contributed by atoms with van der Waals surface area (Å²) in [7, 11) is 2.72. The third-order valence-corrected chi connectivity index (χ3v) is 20.4. The molecule has 3 aromatic rings. The molecule has 10 N–H and O–H groups in total. The number of hydrogen-bond acceptors (Lipinski definition) is 21. The molecule has 0 unspecified atom stereocenters. The average Bonchev–Trinajstić information content (AvgIpc) is 0.670. The van der Waals surface area contributed by atoms with Crippen molar-refractivity contribution in [3.63, 3.8) is 0 Å². The fraction of sp³-hybridized carbons (Fsp3) is 0.573. The van der Waals surface area contributed by atoms with Crippen molar-refractivity contribution in [3.05, 3.63) is 113 Å². The summed E-state index contributed by atoms with van der Waals surface area (Å²) in [5, 5.41) is 52.2. The zero-order valence-corrected chi connectivity index (χ0v) is 61.7. The number of ketones is 3. The largest absolute Gasteiger partial charge is 0.455 e. The summed E-state index contributed by atoms with van der Waals surface area (Å²) in [5.74, 6) is -8.95. The number of aliphatic hydroxyl groups is 3. The van der Waals surface area contributed by atoms with Gasteiger partial charge in [0.15, 0.2) is 17.2 Å². The molecule has 1 saturated heterocycles. The lowest BCUT2D eigenvalue weighted by Crippen LogP contribution is -2.80. The van der Waals surface area contributed by atoms with E-state index in [1.54, 1.807) is 135 Å². The number of amides is 8. The van der Waals surface area contributed by atoms with Gasteiger partial charge in [-0.1, -0.05) is 114 Å². The van der Waals surface area contributed by atoms with Crippen LogP contribution >= 0.6 is 0 Å². The Bertz CT molecular complexity index is 3690. The Morgan fingerprint density at radius 1 is 0.798 bits per heavy atom. The van der Waals surface area contributed by atoms with Crippen LogP contribution in [0.15, 0.2) is 96.1 Å². The van der Waals surface area contributed by atoms with E-state index < -0.39 is 172 Å². The van der Waals surface area contributed by atoms with Crippen molar-refractivity contribution in [1.29, 1.82) is 0 Å². The van der Waals surface area contributed by atoms with Gasteiger partial charge < -0.3 is 85.9 Å². The number of rotatable bonds is 29. The topological polar surface area (TPSA) is 414 Å². The van der Waals surface area contributed by atoms with Gasteiger partial charge in [-0.15, -0.1) is 0 Å². The number of urea groups is 1. The standard InChI is InChI=1S/C75H102N8O21/c1-41(2)51(85)31-32-56(88)80-58(42(3)4)65(92)79-50(26-21-33-77-67(76)94)64(91)78-48-29-27-45(28-30-48)39-99-69(96)82(13)34-35-83(14)70(97)102-61(59(47-24-19-16-20-25-47)81-68(95)104-71(7,8)9)66(93)101-53-38-75(98)49(36-52(86)46-22-17-15-18-23-46)62-73(12,63(90)60(89)57(43(53)5)72(75,10)11)54(87)37-55-74(62,40-100-55)103-44(6)84/h15-20,22-25,27-30,41-42,49-50,53-55,58-62,87,89,98H,21,26,31-40H2,1-14H3,(H,78,91)(H,79,92)(H,80,88)(H,81,95)(H3,76,77,94)/t49-,50-,53-,54-,55+,58-,59-,60+,61+,62-,73+,74-,75+/m0/s1. The number of primary amides is 1. The van der Waals surface area contributed by atoms with Crippen molar-refractivity contribution in [2.24, 2.45) is 40.2 Å². The number of ether oxygens (including phenoxy) is 6. The van der Waals surface area contributed by atoms with E-state index in [0.717, 1.165) is 16.7 Å². The lowest BCUT2D eigenvalue weighted by molar-refractivity contribution is -0.339. The molecule has 1 aliphatic heterocycles. The number of nitrogens with zero attached hydrogens (tertiary/aromatic N) is 2. The number of fused-ring (bicyclic) bond motifs is 5. The molecule has 1 heterocycles. The first-order chi connectivity index (χ1) is 48.7. The van der Waals surface area contributed by atoms with Crippen molar-refractivity contribution < 1.29 is 101 Å². The Morgan fingerprint density at radius 2 is 1.41 bits per heavy atom. The second-order valence-corrected chi connectivity index (χ2v) is 29.8. The van der Waals surface area contributed by atoms with Crippen LogP contribution in [0.5, 0.6) is 0 Å². The lowest BCUT2D eigenvalue weighted by atomic mass is 9.42. The molecular formula is C75H102N8O21. The maximum absolute atomic E-state index is 15.5. The lowest BCUT2D eigenvalue weighted by Gasteiger charge is -2.68. The highest BCUT2D eigenvalue weighted by atomic mass is 16.6. The van der Waals surface area contributed by atoms with E-state index in [4.69, 9.17) is 34.2 Å². The van der Waals surface area contributed by atoms with Gasteiger partial charge in [0.2, 0.25) is 23.8 Å². The molecule has 7 rings (SSSR count). The Kier molecular flexibility index (Phi) is 26.9. The molecular weight excluding hydrogens is 1350 g/mol. The molecule has 3 aromatic carbocycles. The molecule has 2 bridgehead atoms. The molecule has 568 valence electrons. The van der Waals surface area contributed by atoms with E-state index in [0.29, 0.717) is 11.3 Å². The summed E-state index contributed by atoms with van der Waals surface area (Å²) < 4.78 is 35.9. The Labute approximate surface area is 605 Å². The molecule has 4 aliphatic rings. The van der Waals surface area contributed by atoms with Crippen LogP contribution in [0.1, 0.15) is 156 Å². The number of esters is 2. The highest BCUT2D eigenvalue weighted by molar-refractivity contribution is 5.99. The molecule has 0 spiro atoms. The maximum Gasteiger partial charge on any atom is 0.410 e. The van der Waals surface area contributed by atoms with Gasteiger partial charge in [-0.2, -0.15) is 0 Å². The van der Waals surface area contributed by atoms with Gasteiger partial charge in [-0.3, -0.25) is 33.6 Å². The molecule has 3 fully saturated rings. The number of carbonyl (C=O) groups is 12. The molecule has 104 heavy (non-hydrogen) atoms. The molecule has 0 radical (unpaired) electrons. The summed E-state index contributed by atoms with van der Waals surface area (Å²) in [6, 6.07) is 17.7. The number of carbonyl (C=O) groups excluding carboxylic acids is 12. The van der Waals surface area contributed by atoms with E-state index in [1.807, 2.05) is 0 Å². The van der Waals surface area contributed by atoms with E-state index in [2.05, 4.69) is 26.6 Å². The van der Waals surface area contributed by atoms with E-state index in [1.165, 1.54) is 40.1 Å². The summed E-state index contributed by atoms with van der Waals surface area (Å²) in [5.41, 5.74) is -2.34. The predicted molar refractivity (Wildman–Crippen MR) is 376 cm³/mol. The molecule has 3 aliphatic carbocycles. The van der Waals surface area contributed by atoms with Crippen LogP contribution in [0.25, 0.3) is 0 Å². The van der Waals surface area contributed by atoms with Crippen molar-refractivity contribution in [1.82, 2.24) is 31.1 Å². The number of benzene rings is 3. The molecule has 8 amide bonds. The zero-order valence-electron chi connectivity index (χ0n) is 61.7. The molecule has 29 nitrogen and oxygen atoms in total. The predicted octanol–water partition coefficient (Wildman–Crippen LogP) is 6.29. The van der Waals surface area contributed by atoms with Crippen LogP contribution in [0.3, 0.4) is 0 Å².